The van der Waals surface area contributed by atoms with Crippen LogP contribution in [-0.2, 0) is 4.79 Å². The minimum absolute atomic E-state index is 0.114. The third kappa shape index (κ3) is 2.98. The van der Waals surface area contributed by atoms with Gasteiger partial charge in [-0.05, 0) is 12.8 Å². The molecule has 140 valence electrons. The Hall–Kier alpha value is -3.04. The van der Waals surface area contributed by atoms with Gasteiger partial charge < -0.3 is 20.0 Å². The topological polar surface area (TPSA) is 123 Å². The molecule has 3 heterocycles. The van der Waals surface area contributed by atoms with E-state index < -0.39 is 28.6 Å². The molecule has 0 atom stereocenters. The molecule has 2 aliphatic rings. The maximum Gasteiger partial charge on any atom is 0.341 e. The van der Waals surface area contributed by atoms with Crippen molar-refractivity contribution in [2.45, 2.75) is 19.3 Å². The summed E-state index contributed by atoms with van der Waals surface area (Å²) < 4.78 is 1.18. The van der Waals surface area contributed by atoms with Crippen LogP contribution in [0.5, 0.6) is 5.75 Å². The number of carboxylic acid groups (broad SMARTS) is 1. The first-order valence-electron chi connectivity index (χ1n) is 8.31. The van der Waals surface area contributed by atoms with Crippen molar-refractivity contribution in [3.63, 3.8) is 0 Å². The Morgan fingerprint density at radius 3 is 2.50 bits per heavy atom. The summed E-state index contributed by atoms with van der Waals surface area (Å²) in [6.45, 7) is 1.79. The average molecular weight is 364 g/mol. The Balaban J connectivity index is 1.79. The zero-order chi connectivity index (χ0) is 19.0. The summed E-state index contributed by atoms with van der Waals surface area (Å²) >= 11 is 0. The monoisotopic (exact) mass is 364 g/mol. The Morgan fingerprint density at radius 2 is 1.88 bits per heavy atom. The second-order valence-electron chi connectivity index (χ2n) is 6.42. The highest BCUT2D eigenvalue weighted by molar-refractivity contribution is 5.97. The molecule has 0 unspecified atom stereocenters. The fraction of sp³-hybridized carbons (Fsp3) is 0.500. The first-order valence-corrected chi connectivity index (χ1v) is 8.31. The Bertz CT molecular complexity index is 833. The van der Waals surface area contributed by atoms with Crippen LogP contribution in [-0.4, -0.2) is 75.8 Å². The smallest absolute Gasteiger partial charge is 0.341 e. The van der Waals surface area contributed by atoms with Crippen molar-refractivity contribution in [2.75, 3.05) is 38.4 Å². The molecule has 1 fully saturated rings. The van der Waals surface area contributed by atoms with Crippen LogP contribution in [0.4, 0.5) is 0 Å². The van der Waals surface area contributed by atoms with Crippen LogP contribution in [0.2, 0.25) is 0 Å². The van der Waals surface area contributed by atoms with Gasteiger partial charge in [0.15, 0.2) is 11.4 Å². The lowest BCUT2D eigenvalue weighted by Crippen LogP contribution is -2.53. The van der Waals surface area contributed by atoms with Gasteiger partial charge in [-0.25, -0.2) is 4.79 Å². The first-order chi connectivity index (χ1) is 12.3. The van der Waals surface area contributed by atoms with E-state index in [-0.39, 0.29) is 18.3 Å². The van der Waals surface area contributed by atoms with Gasteiger partial charge in [0, 0.05) is 39.3 Å². The van der Waals surface area contributed by atoms with Crippen molar-refractivity contribution in [1.82, 2.24) is 14.5 Å². The van der Waals surface area contributed by atoms with Crippen molar-refractivity contribution < 1.29 is 24.6 Å². The number of hydrogen-bond acceptors (Lipinski definition) is 6. The van der Waals surface area contributed by atoms with Crippen molar-refractivity contribution in [1.29, 1.82) is 0 Å². The molecule has 1 saturated heterocycles. The van der Waals surface area contributed by atoms with Crippen LogP contribution in [0, 0.1) is 0 Å². The van der Waals surface area contributed by atoms with Gasteiger partial charge in [0.25, 0.3) is 5.91 Å². The fourth-order valence-electron chi connectivity index (χ4n) is 3.30. The highest BCUT2D eigenvalue weighted by Gasteiger charge is 2.33. The van der Waals surface area contributed by atoms with Gasteiger partial charge in [-0.2, -0.15) is 0 Å². The summed E-state index contributed by atoms with van der Waals surface area (Å²) in [5.41, 5.74) is -1.95. The van der Waals surface area contributed by atoms with E-state index in [9.17, 15) is 24.3 Å². The number of carbonyl (C=O) groups excluding carboxylic acids is 2. The van der Waals surface area contributed by atoms with Gasteiger partial charge in [0.1, 0.15) is 12.2 Å². The fourth-order valence-corrected chi connectivity index (χ4v) is 3.30. The number of carbonyl (C=O) groups is 3. The molecule has 0 aromatic carbocycles. The SMILES string of the molecule is CN1CN(CCCN2CCCC2=O)C(=O)c2c(O)c(=O)c(C(=O)O)cn21. The highest BCUT2D eigenvalue weighted by atomic mass is 16.4. The summed E-state index contributed by atoms with van der Waals surface area (Å²) in [6.07, 6.45) is 3.02. The molecule has 1 aromatic heterocycles. The van der Waals surface area contributed by atoms with Crippen molar-refractivity contribution in [3.8, 4) is 5.75 Å². The summed E-state index contributed by atoms with van der Waals surface area (Å²) in [7, 11) is 1.61. The lowest BCUT2D eigenvalue weighted by molar-refractivity contribution is -0.127. The lowest BCUT2D eigenvalue weighted by atomic mass is 10.2. The van der Waals surface area contributed by atoms with Crippen LogP contribution in [0.1, 0.15) is 40.1 Å². The molecule has 2 amide bonds. The molecule has 10 nitrogen and oxygen atoms in total. The van der Waals surface area contributed by atoms with E-state index in [0.29, 0.717) is 25.9 Å². The molecule has 0 saturated carbocycles. The van der Waals surface area contributed by atoms with E-state index in [1.54, 1.807) is 11.9 Å². The van der Waals surface area contributed by atoms with Crippen LogP contribution in [0.25, 0.3) is 0 Å². The number of aromatic hydroxyl groups is 1. The lowest BCUT2D eigenvalue weighted by Gasteiger charge is -2.37. The molecule has 10 heteroatoms. The summed E-state index contributed by atoms with van der Waals surface area (Å²) in [5, 5.41) is 20.7. The van der Waals surface area contributed by atoms with Crippen molar-refractivity contribution >= 4 is 17.8 Å². The zero-order valence-electron chi connectivity index (χ0n) is 14.3. The Kier molecular flexibility index (Phi) is 4.58. The summed E-state index contributed by atoms with van der Waals surface area (Å²) in [6, 6.07) is 0. The van der Waals surface area contributed by atoms with E-state index in [1.165, 1.54) is 14.6 Å². The zero-order valence-corrected chi connectivity index (χ0v) is 14.3. The number of fused-ring (bicyclic) bond motifs is 1. The number of amides is 2. The van der Waals surface area contributed by atoms with E-state index in [2.05, 4.69) is 0 Å². The minimum atomic E-state index is -1.47. The number of carboxylic acids is 1. The second kappa shape index (κ2) is 6.70. The number of nitrogens with zero attached hydrogens (tertiary/aromatic N) is 4. The first kappa shape index (κ1) is 17.8. The number of aromatic carboxylic acids is 1. The van der Waals surface area contributed by atoms with Crippen molar-refractivity contribution in [2.24, 2.45) is 0 Å². The van der Waals surface area contributed by atoms with Gasteiger partial charge >= 0.3 is 5.97 Å². The van der Waals surface area contributed by atoms with Gasteiger partial charge in [0.2, 0.25) is 11.3 Å². The number of pyridine rings is 1. The van der Waals surface area contributed by atoms with Crippen LogP contribution in [0.15, 0.2) is 11.0 Å². The standard InChI is InChI=1S/C16H20N4O6/c1-17-9-19(7-3-6-18-5-2-4-11(18)21)15(24)12-14(23)13(22)10(16(25)26)8-20(12)17/h8,23H,2-7,9H2,1H3,(H,25,26). The predicted octanol–water partition coefficient (Wildman–Crippen LogP) is -0.754. The van der Waals surface area contributed by atoms with E-state index in [4.69, 9.17) is 5.11 Å². The van der Waals surface area contributed by atoms with E-state index in [1.807, 2.05) is 0 Å². The largest absolute Gasteiger partial charge is 0.502 e. The minimum Gasteiger partial charge on any atom is -0.502 e. The molecule has 0 bridgehead atoms. The highest BCUT2D eigenvalue weighted by Crippen LogP contribution is 2.21. The third-order valence-corrected chi connectivity index (χ3v) is 4.66. The average Bonchev–Trinajstić information content (AvgIpc) is 2.99. The molecule has 2 aliphatic heterocycles. The molecule has 1 aromatic rings. The van der Waals surface area contributed by atoms with Gasteiger partial charge in [-0.1, -0.05) is 0 Å². The molecule has 26 heavy (non-hydrogen) atoms. The number of rotatable bonds is 5. The normalized spacial score (nSPS) is 17.0. The van der Waals surface area contributed by atoms with E-state index >= 15 is 0 Å². The van der Waals surface area contributed by atoms with Gasteiger partial charge in [0.05, 0.1) is 0 Å². The molecule has 2 N–H and O–H groups in total. The summed E-state index contributed by atoms with van der Waals surface area (Å²) in [4.78, 5) is 50.6. The van der Waals surface area contributed by atoms with Gasteiger partial charge in [-0.15, -0.1) is 0 Å². The summed E-state index contributed by atoms with van der Waals surface area (Å²) in [5.74, 6) is -2.79. The maximum absolute atomic E-state index is 12.7. The van der Waals surface area contributed by atoms with E-state index in [0.717, 1.165) is 19.2 Å². The predicted molar refractivity (Wildman–Crippen MR) is 89.8 cm³/mol. The second-order valence-corrected chi connectivity index (χ2v) is 6.42. The Labute approximate surface area is 148 Å². The molecule has 3 rings (SSSR count). The van der Waals surface area contributed by atoms with Crippen LogP contribution >= 0.6 is 0 Å². The molecule has 0 aliphatic carbocycles. The van der Waals surface area contributed by atoms with Gasteiger partial charge in [-0.3, -0.25) is 24.1 Å². The molecule has 0 radical (unpaired) electrons. The third-order valence-electron chi connectivity index (χ3n) is 4.66. The molecular formula is C16H20N4O6. The number of hydrogen-bond donors (Lipinski definition) is 2. The number of likely N-dealkylation sites (tertiary alicyclic amines) is 1. The quantitative estimate of drug-likeness (QED) is 0.704. The molecule has 0 spiro atoms. The molecular weight excluding hydrogens is 344 g/mol. The van der Waals surface area contributed by atoms with Crippen molar-refractivity contribution in [3.05, 3.63) is 27.7 Å². The maximum atomic E-state index is 12.7. The van der Waals surface area contributed by atoms with Crippen LogP contribution < -0.4 is 10.4 Å². The van der Waals surface area contributed by atoms with Crippen LogP contribution in [0.3, 0.4) is 0 Å². The Morgan fingerprint density at radius 1 is 1.19 bits per heavy atom. The number of aromatic nitrogens is 1.